The Kier molecular flexibility index (Phi) is 21.5. The molecule has 0 aromatic heterocycles. The number of nitrogens with one attached hydrogen (secondary N) is 3. The van der Waals surface area contributed by atoms with Gasteiger partial charge in [-0.25, -0.2) is 0 Å². The van der Waals surface area contributed by atoms with Crippen LogP contribution in [0.5, 0.6) is 0 Å². The van der Waals surface area contributed by atoms with Crippen molar-refractivity contribution in [1.82, 2.24) is 20.9 Å². The average Bonchev–Trinajstić information content (AvgIpc) is 2.41. The van der Waals surface area contributed by atoms with E-state index < -0.39 is 0 Å². The van der Waals surface area contributed by atoms with Crippen LogP contribution in [0.1, 0.15) is 33.1 Å². The number of hydrogen-bond donors (Lipinski definition) is 3. The van der Waals surface area contributed by atoms with E-state index in [1.54, 1.807) is 0 Å². The fourth-order valence-corrected chi connectivity index (χ4v) is 1.77. The second-order valence-electron chi connectivity index (χ2n) is 4.21. The largest absolute Gasteiger partial charge is 0.320 e. The van der Waals surface area contributed by atoms with Crippen LogP contribution in [0.25, 0.3) is 0 Å². The van der Waals surface area contributed by atoms with Crippen molar-refractivity contribution in [3.8, 4) is 0 Å². The molecule has 4 nitrogen and oxygen atoms in total. The zero-order valence-corrected chi connectivity index (χ0v) is 13.3. The molecule has 0 heterocycles. The summed E-state index contributed by atoms with van der Waals surface area (Å²) < 4.78 is 0. The van der Waals surface area contributed by atoms with Crippen molar-refractivity contribution >= 4 is 0 Å². The van der Waals surface area contributed by atoms with Crippen molar-refractivity contribution in [2.45, 2.75) is 33.1 Å². The second kappa shape index (κ2) is 19.2. The minimum atomic E-state index is 1.12. The third-order valence-corrected chi connectivity index (χ3v) is 2.70. The summed E-state index contributed by atoms with van der Waals surface area (Å²) in [6, 6.07) is 0. The van der Waals surface area contributed by atoms with Gasteiger partial charge in [-0.2, -0.15) is 0 Å². The molecule has 0 aliphatic heterocycles. The van der Waals surface area contributed by atoms with E-state index in [-0.39, 0.29) is 0 Å². The van der Waals surface area contributed by atoms with Gasteiger partial charge in [0.25, 0.3) is 0 Å². The van der Waals surface area contributed by atoms with E-state index in [0.29, 0.717) is 0 Å². The Labute approximate surface area is 115 Å². The van der Waals surface area contributed by atoms with Gasteiger partial charge in [0, 0.05) is 0 Å². The molecule has 0 atom stereocenters. The molecule has 0 spiro atoms. The van der Waals surface area contributed by atoms with Crippen molar-refractivity contribution in [3.05, 3.63) is 0 Å². The first-order valence-corrected chi connectivity index (χ1v) is 7.51. The molecular weight excluding hydrogens is 224 g/mol. The summed E-state index contributed by atoms with van der Waals surface area (Å²) in [5.74, 6) is 0. The monoisotopic (exact) mass is 260 g/mol. The molecule has 0 radical (unpaired) electrons. The summed E-state index contributed by atoms with van der Waals surface area (Å²) in [5.41, 5.74) is 0. The van der Waals surface area contributed by atoms with Crippen molar-refractivity contribution in [2.75, 3.05) is 60.4 Å². The van der Waals surface area contributed by atoms with Gasteiger partial charge in [0.1, 0.15) is 0 Å². The molecular formula is C14H36N4. The zero-order chi connectivity index (χ0) is 14.1. The first-order valence-electron chi connectivity index (χ1n) is 7.51. The maximum absolute atomic E-state index is 3.21. The molecule has 0 amide bonds. The lowest BCUT2D eigenvalue weighted by Gasteiger charge is -2.22. The summed E-state index contributed by atoms with van der Waals surface area (Å²) in [6.45, 7) is 11.0. The van der Waals surface area contributed by atoms with Crippen LogP contribution in [-0.4, -0.2) is 65.3 Å². The number of rotatable bonds is 12. The standard InChI is InChI=1S/C12H30N4.C2H6/c1-13-7-4-10-16(11-5-8-14-2)12-6-9-15-3;1-2/h13-15H,4-12H2,1-3H3;1-2H3. The van der Waals surface area contributed by atoms with Crippen LogP contribution in [0.15, 0.2) is 0 Å². The minimum Gasteiger partial charge on any atom is -0.320 e. The summed E-state index contributed by atoms with van der Waals surface area (Å²) in [5, 5.41) is 9.62. The van der Waals surface area contributed by atoms with E-state index in [1.165, 1.54) is 38.9 Å². The van der Waals surface area contributed by atoms with Gasteiger partial charge < -0.3 is 20.9 Å². The Morgan fingerprint density at radius 3 is 1.11 bits per heavy atom. The lowest BCUT2D eigenvalue weighted by molar-refractivity contribution is 0.262. The van der Waals surface area contributed by atoms with Crippen LogP contribution in [0, 0.1) is 0 Å². The van der Waals surface area contributed by atoms with Crippen molar-refractivity contribution in [1.29, 1.82) is 0 Å². The molecule has 0 unspecified atom stereocenters. The average molecular weight is 260 g/mol. The van der Waals surface area contributed by atoms with Crippen LogP contribution >= 0.6 is 0 Å². The van der Waals surface area contributed by atoms with Crippen molar-refractivity contribution in [3.63, 3.8) is 0 Å². The van der Waals surface area contributed by atoms with Gasteiger partial charge in [-0.15, -0.1) is 0 Å². The normalized spacial score (nSPS) is 10.3. The van der Waals surface area contributed by atoms with Crippen molar-refractivity contribution < 1.29 is 0 Å². The predicted molar refractivity (Wildman–Crippen MR) is 83.4 cm³/mol. The zero-order valence-electron chi connectivity index (χ0n) is 13.3. The Bertz CT molecular complexity index is 107. The third kappa shape index (κ3) is 15.8. The SMILES string of the molecule is CC.CNCCCN(CCCNC)CCCNC. The molecule has 18 heavy (non-hydrogen) atoms. The molecule has 0 saturated carbocycles. The second-order valence-corrected chi connectivity index (χ2v) is 4.21. The van der Waals surface area contributed by atoms with Gasteiger partial charge in [0.2, 0.25) is 0 Å². The van der Waals surface area contributed by atoms with Gasteiger partial charge in [0.15, 0.2) is 0 Å². The van der Waals surface area contributed by atoms with E-state index in [1.807, 2.05) is 35.0 Å². The first kappa shape index (κ1) is 20.2. The first-order chi connectivity index (χ1) is 8.85. The van der Waals surface area contributed by atoms with Crippen molar-refractivity contribution in [2.24, 2.45) is 0 Å². The van der Waals surface area contributed by atoms with E-state index in [9.17, 15) is 0 Å². The van der Waals surface area contributed by atoms with E-state index in [2.05, 4.69) is 20.9 Å². The summed E-state index contributed by atoms with van der Waals surface area (Å²) in [6.07, 6.45) is 3.74. The van der Waals surface area contributed by atoms with Crippen LogP contribution in [0.2, 0.25) is 0 Å². The van der Waals surface area contributed by atoms with E-state index >= 15 is 0 Å². The van der Waals surface area contributed by atoms with Gasteiger partial charge in [-0.3, -0.25) is 0 Å². The Morgan fingerprint density at radius 2 is 0.889 bits per heavy atom. The van der Waals surface area contributed by atoms with Crippen LogP contribution < -0.4 is 16.0 Å². The van der Waals surface area contributed by atoms with Crippen LogP contribution in [0.4, 0.5) is 0 Å². The molecule has 4 heteroatoms. The molecule has 3 N–H and O–H groups in total. The topological polar surface area (TPSA) is 39.3 Å². The third-order valence-electron chi connectivity index (χ3n) is 2.70. The molecule has 0 bridgehead atoms. The fraction of sp³-hybridized carbons (Fsp3) is 1.00. The lowest BCUT2D eigenvalue weighted by Crippen LogP contribution is -2.31. The molecule has 0 aliphatic rings. The molecule has 0 fully saturated rings. The van der Waals surface area contributed by atoms with Gasteiger partial charge in [0.05, 0.1) is 0 Å². The quantitative estimate of drug-likeness (QED) is 0.460. The van der Waals surface area contributed by atoms with E-state index in [4.69, 9.17) is 0 Å². The Hall–Kier alpha value is -0.160. The minimum absolute atomic E-state index is 1.12. The summed E-state index contributed by atoms with van der Waals surface area (Å²) in [4.78, 5) is 2.58. The maximum atomic E-state index is 3.21. The molecule has 0 saturated heterocycles. The fourth-order valence-electron chi connectivity index (χ4n) is 1.77. The Balaban J connectivity index is 0. The van der Waals surface area contributed by atoms with Gasteiger partial charge >= 0.3 is 0 Å². The van der Waals surface area contributed by atoms with Gasteiger partial charge in [-0.05, 0) is 79.7 Å². The number of nitrogens with zero attached hydrogens (tertiary/aromatic N) is 1. The highest BCUT2D eigenvalue weighted by Crippen LogP contribution is 1.95. The maximum Gasteiger partial charge on any atom is -0.000662 e. The summed E-state index contributed by atoms with van der Waals surface area (Å²) in [7, 11) is 6.06. The smallest absolute Gasteiger partial charge is 0.000662 e. The Morgan fingerprint density at radius 1 is 0.611 bits per heavy atom. The van der Waals surface area contributed by atoms with Gasteiger partial charge in [-0.1, -0.05) is 13.8 Å². The highest BCUT2D eigenvalue weighted by molar-refractivity contribution is 4.60. The van der Waals surface area contributed by atoms with E-state index in [0.717, 1.165) is 19.6 Å². The van der Waals surface area contributed by atoms with Crippen LogP contribution in [-0.2, 0) is 0 Å². The highest BCUT2D eigenvalue weighted by Gasteiger charge is 2.03. The summed E-state index contributed by atoms with van der Waals surface area (Å²) >= 11 is 0. The molecule has 0 aliphatic carbocycles. The molecule has 112 valence electrons. The predicted octanol–water partition coefficient (Wildman–Crippen LogP) is 1.14. The highest BCUT2D eigenvalue weighted by atomic mass is 15.1. The molecule has 0 aromatic carbocycles. The number of hydrogen-bond acceptors (Lipinski definition) is 4. The molecule has 0 aromatic rings. The molecule has 0 rings (SSSR count). The van der Waals surface area contributed by atoms with Crippen LogP contribution in [0.3, 0.4) is 0 Å². The lowest BCUT2D eigenvalue weighted by atomic mass is 10.3.